The van der Waals surface area contributed by atoms with E-state index in [9.17, 15) is 13.6 Å². The lowest BCUT2D eigenvalue weighted by Gasteiger charge is -2.31. The van der Waals surface area contributed by atoms with E-state index in [2.05, 4.69) is 15.0 Å². The van der Waals surface area contributed by atoms with Gasteiger partial charge in [-0.1, -0.05) is 30.3 Å². The minimum Gasteiger partial charge on any atom is -0.435 e. The summed E-state index contributed by atoms with van der Waals surface area (Å²) < 4.78 is 34.2. The molecule has 2 aromatic rings. The first-order valence-corrected chi connectivity index (χ1v) is 8.82. The SMILES string of the molecule is O=C(NC(CN1CCOCC1)c1ccccc1)c1ccc(OC(F)F)cc1. The second-order valence-electron chi connectivity index (χ2n) is 6.25. The van der Waals surface area contributed by atoms with Crippen LogP contribution in [0.5, 0.6) is 5.75 Å². The van der Waals surface area contributed by atoms with Gasteiger partial charge in [0.05, 0.1) is 19.3 Å². The van der Waals surface area contributed by atoms with Crippen LogP contribution in [0, 0.1) is 0 Å². The van der Waals surface area contributed by atoms with Crippen LogP contribution >= 0.6 is 0 Å². The first-order chi connectivity index (χ1) is 13.1. The highest BCUT2D eigenvalue weighted by Gasteiger charge is 2.20. The van der Waals surface area contributed by atoms with Crippen molar-refractivity contribution in [3.05, 3.63) is 65.7 Å². The monoisotopic (exact) mass is 376 g/mol. The van der Waals surface area contributed by atoms with Gasteiger partial charge < -0.3 is 14.8 Å². The lowest BCUT2D eigenvalue weighted by atomic mass is 10.1. The van der Waals surface area contributed by atoms with Crippen molar-refractivity contribution in [2.75, 3.05) is 32.8 Å². The zero-order valence-corrected chi connectivity index (χ0v) is 14.8. The Morgan fingerprint density at radius 1 is 1.07 bits per heavy atom. The van der Waals surface area contributed by atoms with Crippen molar-refractivity contribution >= 4 is 5.91 Å². The molecular formula is C20H22F2N2O3. The number of nitrogens with one attached hydrogen (secondary N) is 1. The quantitative estimate of drug-likeness (QED) is 0.807. The number of alkyl halides is 2. The van der Waals surface area contributed by atoms with Gasteiger partial charge in [0.15, 0.2) is 0 Å². The van der Waals surface area contributed by atoms with Crippen LogP contribution in [0.2, 0.25) is 0 Å². The highest BCUT2D eigenvalue weighted by Crippen LogP contribution is 2.18. The third-order valence-electron chi connectivity index (χ3n) is 4.39. The van der Waals surface area contributed by atoms with Gasteiger partial charge in [-0.15, -0.1) is 0 Å². The Morgan fingerprint density at radius 2 is 1.74 bits per heavy atom. The minimum atomic E-state index is -2.89. The molecule has 1 amide bonds. The Bertz CT molecular complexity index is 720. The first-order valence-electron chi connectivity index (χ1n) is 8.82. The number of benzene rings is 2. The molecule has 0 saturated carbocycles. The van der Waals surface area contributed by atoms with Gasteiger partial charge in [-0.25, -0.2) is 0 Å². The molecule has 1 aliphatic heterocycles. The highest BCUT2D eigenvalue weighted by atomic mass is 19.3. The van der Waals surface area contributed by atoms with Crippen LogP contribution in [-0.2, 0) is 4.74 Å². The lowest BCUT2D eigenvalue weighted by Crippen LogP contribution is -2.43. The van der Waals surface area contributed by atoms with E-state index in [1.54, 1.807) is 0 Å². The van der Waals surface area contributed by atoms with Gasteiger partial charge in [-0.2, -0.15) is 8.78 Å². The van der Waals surface area contributed by atoms with Crippen LogP contribution in [0.1, 0.15) is 22.0 Å². The summed E-state index contributed by atoms with van der Waals surface area (Å²) in [6, 6.07) is 15.2. The van der Waals surface area contributed by atoms with Crippen molar-refractivity contribution in [3.63, 3.8) is 0 Å². The second kappa shape index (κ2) is 9.43. The molecule has 1 N–H and O–H groups in total. The van der Waals surface area contributed by atoms with E-state index in [4.69, 9.17) is 4.74 Å². The number of hydrogen-bond donors (Lipinski definition) is 1. The van der Waals surface area contributed by atoms with Gasteiger partial charge >= 0.3 is 6.61 Å². The maximum Gasteiger partial charge on any atom is 0.387 e. The molecule has 1 unspecified atom stereocenters. The van der Waals surface area contributed by atoms with Crippen molar-refractivity contribution in [3.8, 4) is 5.75 Å². The van der Waals surface area contributed by atoms with Crippen LogP contribution in [0.4, 0.5) is 8.78 Å². The van der Waals surface area contributed by atoms with Crippen LogP contribution < -0.4 is 10.1 Å². The average molecular weight is 376 g/mol. The molecule has 3 rings (SSSR count). The molecule has 27 heavy (non-hydrogen) atoms. The molecule has 2 aromatic carbocycles. The topological polar surface area (TPSA) is 50.8 Å². The maximum absolute atomic E-state index is 12.7. The van der Waals surface area contributed by atoms with E-state index in [0.717, 1.165) is 18.7 Å². The fourth-order valence-electron chi connectivity index (χ4n) is 2.99. The first kappa shape index (κ1) is 19.3. The summed E-state index contributed by atoms with van der Waals surface area (Å²) in [5.74, 6) is -0.241. The van der Waals surface area contributed by atoms with Gasteiger partial charge in [0.1, 0.15) is 5.75 Å². The molecule has 1 saturated heterocycles. The predicted octanol–water partition coefficient (Wildman–Crippen LogP) is 3.09. The van der Waals surface area contributed by atoms with E-state index >= 15 is 0 Å². The lowest BCUT2D eigenvalue weighted by molar-refractivity contribution is -0.0498. The van der Waals surface area contributed by atoms with E-state index in [0.29, 0.717) is 25.3 Å². The summed E-state index contributed by atoms with van der Waals surface area (Å²) in [5.41, 5.74) is 1.40. The van der Waals surface area contributed by atoms with Crippen molar-refractivity contribution in [2.45, 2.75) is 12.7 Å². The van der Waals surface area contributed by atoms with Crippen LogP contribution in [0.15, 0.2) is 54.6 Å². The fourth-order valence-corrected chi connectivity index (χ4v) is 2.99. The summed E-state index contributed by atoms with van der Waals surface area (Å²) in [6.07, 6.45) is 0. The molecule has 0 aliphatic carbocycles. The molecule has 1 atom stereocenters. The predicted molar refractivity (Wildman–Crippen MR) is 97.0 cm³/mol. The Balaban J connectivity index is 1.69. The molecule has 1 heterocycles. The smallest absolute Gasteiger partial charge is 0.387 e. The van der Waals surface area contributed by atoms with Gasteiger partial charge in [-0.3, -0.25) is 9.69 Å². The molecule has 1 aliphatic rings. The molecule has 7 heteroatoms. The zero-order valence-electron chi connectivity index (χ0n) is 14.8. The molecule has 0 radical (unpaired) electrons. The molecular weight excluding hydrogens is 354 g/mol. The molecule has 1 fully saturated rings. The van der Waals surface area contributed by atoms with Gasteiger partial charge in [0.2, 0.25) is 0 Å². The molecule has 0 bridgehead atoms. The molecule has 0 aromatic heterocycles. The summed E-state index contributed by atoms with van der Waals surface area (Å²) in [4.78, 5) is 14.9. The third kappa shape index (κ3) is 5.74. The van der Waals surface area contributed by atoms with Gasteiger partial charge in [0, 0.05) is 25.2 Å². The van der Waals surface area contributed by atoms with Crippen molar-refractivity contribution in [1.82, 2.24) is 10.2 Å². The summed E-state index contributed by atoms with van der Waals surface area (Å²) in [6.45, 7) is 0.784. The minimum absolute atomic E-state index is 0.0227. The van der Waals surface area contributed by atoms with Crippen molar-refractivity contribution in [1.29, 1.82) is 0 Å². The third-order valence-corrected chi connectivity index (χ3v) is 4.39. The fraction of sp³-hybridized carbons (Fsp3) is 0.350. The van der Waals surface area contributed by atoms with E-state index in [1.165, 1.54) is 24.3 Å². The normalized spacial score (nSPS) is 16.1. The van der Waals surface area contributed by atoms with Crippen LogP contribution in [0.25, 0.3) is 0 Å². The van der Waals surface area contributed by atoms with Crippen molar-refractivity contribution in [2.24, 2.45) is 0 Å². The van der Waals surface area contributed by atoms with E-state index < -0.39 is 6.61 Å². The standard InChI is InChI=1S/C20H22F2N2O3/c21-20(22)27-17-8-6-16(7-9-17)19(25)23-18(15-4-2-1-3-5-15)14-24-10-12-26-13-11-24/h1-9,18,20H,10-14H2,(H,23,25). The Hall–Kier alpha value is -2.51. The number of nitrogens with zero attached hydrogens (tertiary/aromatic N) is 1. The number of morpholine rings is 1. The Morgan fingerprint density at radius 3 is 2.37 bits per heavy atom. The number of hydrogen-bond acceptors (Lipinski definition) is 4. The summed E-state index contributed by atoms with van der Waals surface area (Å²) in [5, 5.41) is 3.05. The number of rotatable bonds is 7. The van der Waals surface area contributed by atoms with E-state index in [1.807, 2.05) is 30.3 Å². The second-order valence-corrected chi connectivity index (χ2v) is 6.25. The number of carbonyl (C=O) groups is 1. The maximum atomic E-state index is 12.7. The van der Waals surface area contributed by atoms with Gasteiger partial charge in [0.25, 0.3) is 5.91 Å². The van der Waals surface area contributed by atoms with Crippen LogP contribution in [-0.4, -0.2) is 50.3 Å². The van der Waals surface area contributed by atoms with Crippen molar-refractivity contribution < 1.29 is 23.0 Å². The zero-order chi connectivity index (χ0) is 19.1. The summed E-state index contributed by atoms with van der Waals surface area (Å²) in [7, 11) is 0. The Labute approximate surface area is 156 Å². The molecule has 0 spiro atoms. The number of halogens is 2. The highest BCUT2D eigenvalue weighted by molar-refractivity contribution is 5.94. The molecule has 144 valence electrons. The largest absolute Gasteiger partial charge is 0.435 e. The van der Waals surface area contributed by atoms with Crippen LogP contribution in [0.3, 0.4) is 0 Å². The van der Waals surface area contributed by atoms with E-state index in [-0.39, 0.29) is 17.7 Å². The van der Waals surface area contributed by atoms with Gasteiger partial charge in [-0.05, 0) is 29.8 Å². The average Bonchev–Trinajstić information content (AvgIpc) is 2.69. The number of ether oxygens (including phenoxy) is 2. The summed E-state index contributed by atoms with van der Waals surface area (Å²) >= 11 is 0. The molecule has 5 nitrogen and oxygen atoms in total. The number of carbonyl (C=O) groups excluding carboxylic acids is 1. The number of amides is 1. The Kier molecular flexibility index (Phi) is 6.73.